The van der Waals surface area contributed by atoms with E-state index < -0.39 is 23.7 Å². The molecule has 0 unspecified atom stereocenters. The predicted octanol–water partition coefficient (Wildman–Crippen LogP) is 3.79. The maximum atomic E-state index is 13.1. The summed E-state index contributed by atoms with van der Waals surface area (Å²) in [6.45, 7) is 3.36. The molecule has 2 amide bonds. The summed E-state index contributed by atoms with van der Waals surface area (Å²) in [4.78, 5) is 40.5. The van der Waals surface area contributed by atoms with Crippen LogP contribution in [0.2, 0.25) is 5.02 Å². The molecular formula is C27H26ClN3O5S. The van der Waals surface area contributed by atoms with Crippen LogP contribution in [0.15, 0.2) is 53.1 Å². The standard InChI is InChI=1S/C27H26ClN3O5S/c1-3-36-21-9-8-17(12-20(21)28)23-19(13-29)26(30-25(33)24(23)27(34)35-2)37-15-22(32)31-11-10-16-6-4-5-7-18(16)14-31/h4-9,12,23-24H,3,10-11,14-15H2,1-2H3,(H,30,33)/t23-,24+/m0/s1. The molecule has 2 heterocycles. The molecule has 4 rings (SSSR count). The van der Waals surface area contributed by atoms with E-state index in [-0.39, 0.29) is 22.3 Å². The van der Waals surface area contributed by atoms with Gasteiger partial charge in [-0.05, 0) is 42.2 Å². The molecule has 8 nitrogen and oxygen atoms in total. The van der Waals surface area contributed by atoms with Crippen LogP contribution in [0.1, 0.15) is 29.5 Å². The first kappa shape index (κ1) is 26.6. The summed E-state index contributed by atoms with van der Waals surface area (Å²) in [5.41, 5.74) is 3.01. The fourth-order valence-corrected chi connectivity index (χ4v) is 5.79. The average Bonchev–Trinajstić information content (AvgIpc) is 2.91. The minimum Gasteiger partial charge on any atom is -0.492 e. The van der Waals surface area contributed by atoms with Crippen molar-refractivity contribution in [3.63, 3.8) is 0 Å². The molecule has 0 saturated carbocycles. The third kappa shape index (κ3) is 5.60. The molecule has 0 bridgehead atoms. The van der Waals surface area contributed by atoms with Crippen LogP contribution in [0, 0.1) is 17.2 Å². The number of fused-ring (bicyclic) bond motifs is 1. The smallest absolute Gasteiger partial charge is 0.319 e. The van der Waals surface area contributed by atoms with Gasteiger partial charge in [0.1, 0.15) is 11.7 Å². The number of esters is 1. The molecule has 0 fully saturated rings. The van der Waals surface area contributed by atoms with Crippen LogP contribution in [0.5, 0.6) is 5.75 Å². The Morgan fingerprint density at radius 3 is 2.68 bits per heavy atom. The molecule has 1 N–H and O–H groups in total. The molecule has 2 aliphatic heterocycles. The number of halogens is 1. The summed E-state index contributed by atoms with van der Waals surface area (Å²) in [5, 5.41) is 13.3. The molecule has 37 heavy (non-hydrogen) atoms. The van der Waals surface area contributed by atoms with Gasteiger partial charge in [0.2, 0.25) is 11.8 Å². The molecule has 2 atom stereocenters. The molecule has 0 saturated heterocycles. The first-order chi connectivity index (χ1) is 17.9. The second kappa shape index (κ2) is 11.7. The van der Waals surface area contributed by atoms with E-state index in [4.69, 9.17) is 21.1 Å². The van der Waals surface area contributed by atoms with E-state index in [9.17, 15) is 19.6 Å². The first-order valence-electron chi connectivity index (χ1n) is 11.8. The van der Waals surface area contributed by atoms with Crippen LogP contribution >= 0.6 is 23.4 Å². The molecule has 0 aromatic heterocycles. The quantitative estimate of drug-likeness (QED) is 0.421. The minimum absolute atomic E-state index is 0.0304. The molecule has 0 radical (unpaired) electrons. The summed E-state index contributed by atoms with van der Waals surface area (Å²) in [5.74, 6) is -3.22. The average molecular weight is 540 g/mol. The number of nitrogens with zero attached hydrogens (tertiary/aromatic N) is 2. The van der Waals surface area contributed by atoms with Crippen molar-refractivity contribution in [3.05, 3.63) is 74.8 Å². The molecule has 0 spiro atoms. The number of rotatable bonds is 7. The fraction of sp³-hybridized carbons (Fsp3) is 0.333. The lowest BCUT2D eigenvalue weighted by molar-refractivity contribution is -0.150. The lowest BCUT2D eigenvalue weighted by atomic mass is 9.78. The van der Waals surface area contributed by atoms with Crippen LogP contribution in [-0.4, -0.2) is 48.7 Å². The molecule has 2 aliphatic rings. The van der Waals surface area contributed by atoms with Crippen molar-refractivity contribution in [1.29, 1.82) is 5.26 Å². The van der Waals surface area contributed by atoms with Gasteiger partial charge in [0.15, 0.2) is 0 Å². The van der Waals surface area contributed by atoms with Crippen molar-refractivity contribution in [2.24, 2.45) is 5.92 Å². The Kier molecular flexibility index (Phi) is 8.41. The number of thioether (sulfide) groups is 1. The summed E-state index contributed by atoms with van der Waals surface area (Å²) in [6.07, 6.45) is 0.775. The summed E-state index contributed by atoms with van der Waals surface area (Å²) in [6, 6.07) is 15.1. The number of allylic oxidation sites excluding steroid dienone is 1. The second-order valence-electron chi connectivity index (χ2n) is 8.57. The van der Waals surface area contributed by atoms with Gasteiger partial charge in [-0.3, -0.25) is 14.4 Å². The number of carbonyl (C=O) groups is 3. The number of benzene rings is 2. The van der Waals surface area contributed by atoms with Gasteiger partial charge in [0.25, 0.3) is 0 Å². The molecule has 2 aromatic carbocycles. The lowest BCUT2D eigenvalue weighted by Gasteiger charge is -2.32. The highest BCUT2D eigenvalue weighted by Gasteiger charge is 2.44. The fourth-order valence-electron chi connectivity index (χ4n) is 4.60. The topological polar surface area (TPSA) is 109 Å². The second-order valence-corrected chi connectivity index (χ2v) is 9.96. The van der Waals surface area contributed by atoms with Gasteiger partial charge in [0.05, 0.1) is 41.2 Å². The molecule has 10 heteroatoms. The maximum Gasteiger partial charge on any atom is 0.319 e. The largest absolute Gasteiger partial charge is 0.492 e. The van der Waals surface area contributed by atoms with Crippen LogP contribution < -0.4 is 10.1 Å². The van der Waals surface area contributed by atoms with Crippen molar-refractivity contribution in [2.75, 3.05) is 26.0 Å². The Balaban J connectivity index is 1.61. The van der Waals surface area contributed by atoms with Gasteiger partial charge in [-0.2, -0.15) is 5.26 Å². The van der Waals surface area contributed by atoms with Gasteiger partial charge >= 0.3 is 5.97 Å². The summed E-state index contributed by atoms with van der Waals surface area (Å²) >= 11 is 7.46. The third-order valence-electron chi connectivity index (χ3n) is 6.42. The van der Waals surface area contributed by atoms with Gasteiger partial charge in [0, 0.05) is 19.0 Å². The minimum atomic E-state index is -1.28. The van der Waals surface area contributed by atoms with Crippen molar-refractivity contribution in [1.82, 2.24) is 10.2 Å². The van der Waals surface area contributed by atoms with Crippen molar-refractivity contribution in [3.8, 4) is 11.8 Å². The normalized spacial score (nSPS) is 19.0. The molecular weight excluding hydrogens is 514 g/mol. The zero-order chi connectivity index (χ0) is 26.5. The Hall–Kier alpha value is -3.48. The van der Waals surface area contributed by atoms with Crippen LogP contribution in [0.4, 0.5) is 0 Å². The van der Waals surface area contributed by atoms with E-state index >= 15 is 0 Å². The van der Waals surface area contributed by atoms with E-state index in [1.807, 2.05) is 25.1 Å². The molecule has 2 aromatic rings. The molecule has 192 valence electrons. The van der Waals surface area contributed by atoms with Gasteiger partial charge < -0.3 is 19.7 Å². The Labute approximate surface area is 224 Å². The highest BCUT2D eigenvalue weighted by molar-refractivity contribution is 8.03. The van der Waals surface area contributed by atoms with E-state index in [1.54, 1.807) is 23.1 Å². The summed E-state index contributed by atoms with van der Waals surface area (Å²) < 4.78 is 10.4. The zero-order valence-corrected chi connectivity index (χ0v) is 22.0. The number of nitrogens with one attached hydrogen (secondary N) is 1. The van der Waals surface area contributed by atoms with Crippen LogP contribution in [-0.2, 0) is 32.1 Å². The Bertz CT molecular complexity index is 1310. The van der Waals surface area contributed by atoms with Crippen molar-refractivity contribution >= 4 is 41.1 Å². The SMILES string of the molecule is CCOc1ccc([C@H]2C(C#N)=C(SCC(=O)N3CCc4ccccc4C3)NC(=O)[C@@H]2C(=O)OC)cc1Cl. The number of ether oxygens (including phenoxy) is 2. The number of hydrogen-bond donors (Lipinski definition) is 1. The number of amides is 2. The number of hydrogen-bond acceptors (Lipinski definition) is 7. The molecule has 0 aliphatic carbocycles. The lowest BCUT2D eigenvalue weighted by Crippen LogP contribution is -2.44. The predicted molar refractivity (Wildman–Crippen MR) is 140 cm³/mol. The number of methoxy groups -OCH3 is 1. The van der Waals surface area contributed by atoms with Crippen molar-refractivity contribution < 1.29 is 23.9 Å². The van der Waals surface area contributed by atoms with Gasteiger partial charge in [-0.15, -0.1) is 0 Å². The Morgan fingerprint density at radius 1 is 1.24 bits per heavy atom. The first-order valence-corrected chi connectivity index (χ1v) is 13.2. The van der Waals surface area contributed by atoms with Gasteiger partial charge in [-0.25, -0.2) is 0 Å². The van der Waals surface area contributed by atoms with E-state index in [1.165, 1.54) is 12.7 Å². The number of nitriles is 1. The van der Waals surface area contributed by atoms with E-state index in [0.29, 0.717) is 36.0 Å². The third-order valence-corrected chi connectivity index (χ3v) is 7.72. The van der Waals surface area contributed by atoms with Crippen molar-refractivity contribution in [2.45, 2.75) is 25.8 Å². The van der Waals surface area contributed by atoms with Crippen LogP contribution in [0.25, 0.3) is 0 Å². The summed E-state index contributed by atoms with van der Waals surface area (Å²) in [7, 11) is 1.19. The number of carbonyl (C=O) groups excluding carboxylic acids is 3. The highest BCUT2D eigenvalue weighted by Crippen LogP contribution is 2.42. The van der Waals surface area contributed by atoms with E-state index in [0.717, 1.165) is 23.7 Å². The van der Waals surface area contributed by atoms with Crippen LogP contribution in [0.3, 0.4) is 0 Å². The zero-order valence-electron chi connectivity index (χ0n) is 20.5. The maximum absolute atomic E-state index is 13.1. The Morgan fingerprint density at radius 2 is 2.00 bits per heavy atom. The van der Waals surface area contributed by atoms with Gasteiger partial charge in [-0.1, -0.05) is 53.7 Å². The van der Waals surface area contributed by atoms with E-state index in [2.05, 4.69) is 17.5 Å². The highest BCUT2D eigenvalue weighted by atomic mass is 35.5. The monoisotopic (exact) mass is 539 g/mol.